The van der Waals surface area contributed by atoms with Gasteiger partial charge in [0.2, 0.25) is 0 Å². The molecular formula is C17H20N2O2. The molecule has 3 N–H and O–H groups in total. The van der Waals surface area contributed by atoms with Gasteiger partial charge in [-0.05, 0) is 35.7 Å². The summed E-state index contributed by atoms with van der Waals surface area (Å²) in [4.78, 5) is 11.8. The minimum atomic E-state index is -0.205. The number of anilines is 1. The first-order chi connectivity index (χ1) is 10.0. The van der Waals surface area contributed by atoms with Crippen molar-refractivity contribution in [3.63, 3.8) is 0 Å². The zero-order valence-electron chi connectivity index (χ0n) is 12.5. The highest BCUT2D eigenvalue weighted by molar-refractivity contribution is 5.97. The fourth-order valence-electron chi connectivity index (χ4n) is 1.99. The van der Waals surface area contributed by atoms with Crippen LogP contribution in [0.3, 0.4) is 0 Å². The fourth-order valence-corrected chi connectivity index (χ4v) is 1.99. The van der Waals surface area contributed by atoms with Crippen molar-refractivity contribution in [1.82, 2.24) is 5.32 Å². The van der Waals surface area contributed by atoms with Crippen molar-refractivity contribution >= 4 is 11.6 Å². The molecule has 110 valence electrons. The van der Waals surface area contributed by atoms with Crippen LogP contribution in [0.2, 0.25) is 0 Å². The van der Waals surface area contributed by atoms with Gasteiger partial charge in [0.05, 0.1) is 5.56 Å². The van der Waals surface area contributed by atoms with Gasteiger partial charge in [-0.15, -0.1) is 0 Å². The normalized spacial score (nSPS) is 10.5. The number of hydrogen-bond donors (Lipinski definition) is 2. The monoisotopic (exact) mass is 284 g/mol. The van der Waals surface area contributed by atoms with E-state index < -0.39 is 0 Å². The molecule has 0 aliphatic carbocycles. The van der Waals surface area contributed by atoms with Crippen LogP contribution in [-0.4, -0.2) is 13.0 Å². The Labute approximate surface area is 124 Å². The molecule has 4 heteroatoms. The molecule has 0 radical (unpaired) electrons. The number of hydrogen-bond acceptors (Lipinski definition) is 3. The lowest BCUT2D eigenvalue weighted by Gasteiger charge is -2.12. The van der Waals surface area contributed by atoms with Gasteiger partial charge in [-0.2, -0.15) is 0 Å². The Hall–Kier alpha value is -2.49. The number of nitrogens with one attached hydrogen (secondary N) is 1. The lowest BCUT2D eigenvalue weighted by Crippen LogP contribution is -2.18. The van der Waals surface area contributed by atoms with E-state index in [1.165, 1.54) is 5.56 Å². The van der Waals surface area contributed by atoms with Crippen LogP contribution in [0.1, 0.15) is 35.7 Å². The smallest absolute Gasteiger partial charge is 0.254 e. The van der Waals surface area contributed by atoms with E-state index in [9.17, 15) is 4.79 Å². The highest BCUT2D eigenvalue weighted by atomic mass is 16.5. The van der Waals surface area contributed by atoms with Crippen molar-refractivity contribution in [3.05, 3.63) is 53.6 Å². The van der Waals surface area contributed by atoms with E-state index in [0.29, 0.717) is 28.7 Å². The molecular weight excluding hydrogens is 264 g/mol. The molecule has 2 rings (SSSR count). The maximum atomic E-state index is 11.8. The molecule has 0 fully saturated rings. The van der Waals surface area contributed by atoms with Gasteiger partial charge in [-0.25, -0.2) is 0 Å². The van der Waals surface area contributed by atoms with Crippen LogP contribution in [0, 0.1) is 0 Å². The average Bonchev–Trinajstić information content (AvgIpc) is 2.47. The zero-order valence-corrected chi connectivity index (χ0v) is 12.5. The maximum Gasteiger partial charge on any atom is 0.254 e. The van der Waals surface area contributed by atoms with Gasteiger partial charge >= 0.3 is 0 Å². The molecule has 0 aliphatic rings. The topological polar surface area (TPSA) is 64.4 Å². The second-order valence-electron chi connectivity index (χ2n) is 5.16. The predicted molar refractivity (Wildman–Crippen MR) is 84.8 cm³/mol. The van der Waals surface area contributed by atoms with Crippen molar-refractivity contribution in [1.29, 1.82) is 0 Å². The van der Waals surface area contributed by atoms with Gasteiger partial charge in [0.25, 0.3) is 5.91 Å². The number of nitrogen functional groups attached to an aromatic ring is 1. The molecule has 0 bridgehead atoms. The number of rotatable bonds is 4. The molecule has 0 aliphatic heterocycles. The van der Waals surface area contributed by atoms with E-state index in [0.717, 1.165) is 0 Å². The number of amides is 1. The minimum absolute atomic E-state index is 0.205. The number of nitrogens with two attached hydrogens (primary N) is 1. The molecule has 1 amide bonds. The molecule has 0 saturated heterocycles. The quantitative estimate of drug-likeness (QED) is 0.844. The highest BCUT2D eigenvalue weighted by Crippen LogP contribution is 2.28. The van der Waals surface area contributed by atoms with E-state index in [-0.39, 0.29) is 5.91 Å². The number of carbonyl (C=O) groups is 1. The first-order valence-electron chi connectivity index (χ1n) is 6.90. The first kappa shape index (κ1) is 14.9. The Balaban J connectivity index is 2.30. The Morgan fingerprint density at radius 2 is 1.81 bits per heavy atom. The van der Waals surface area contributed by atoms with Crippen molar-refractivity contribution in [3.8, 4) is 11.5 Å². The van der Waals surface area contributed by atoms with Gasteiger partial charge in [0.15, 0.2) is 0 Å². The molecule has 21 heavy (non-hydrogen) atoms. The van der Waals surface area contributed by atoms with Crippen molar-refractivity contribution < 1.29 is 9.53 Å². The third kappa shape index (κ3) is 3.54. The Morgan fingerprint density at radius 1 is 1.14 bits per heavy atom. The third-order valence-electron chi connectivity index (χ3n) is 3.25. The summed E-state index contributed by atoms with van der Waals surface area (Å²) in [7, 11) is 1.58. The van der Waals surface area contributed by atoms with Crippen LogP contribution < -0.4 is 15.8 Å². The van der Waals surface area contributed by atoms with Crippen molar-refractivity contribution in [2.75, 3.05) is 12.8 Å². The van der Waals surface area contributed by atoms with Crippen LogP contribution in [-0.2, 0) is 0 Å². The number of carbonyl (C=O) groups excluding carboxylic acids is 1. The molecule has 0 unspecified atom stereocenters. The van der Waals surface area contributed by atoms with Crippen LogP contribution in [0.15, 0.2) is 42.5 Å². The molecule has 0 spiro atoms. The fraction of sp³-hybridized carbons (Fsp3) is 0.235. The summed E-state index contributed by atoms with van der Waals surface area (Å²) in [6.07, 6.45) is 0. The summed E-state index contributed by atoms with van der Waals surface area (Å²) >= 11 is 0. The van der Waals surface area contributed by atoms with E-state index in [4.69, 9.17) is 10.5 Å². The molecule has 0 heterocycles. The second kappa shape index (κ2) is 6.31. The van der Waals surface area contributed by atoms with E-state index in [1.807, 2.05) is 24.3 Å². The van der Waals surface area contributed by atoms with Crippen molar-refractivity contribution in [2.45, 2.75) is 19.8 Å². The summed E-state index contributed by atoms with van der Waals surface area (Å²) in [5.74, 6) is 1.39. The van der Waals surface area contributed by atoms with E-state index >= 15 is 0 Å². The third-order valence-corrected chi connectivity index (χ3v) is 3.25. The Bertz CT molecular complexity index is 634. The number of benzene rings is 2. The largest absolute Gasteiger partial charge is 0.456 e. The van der Waals surface area contributed by atoms with Gasteiger partial charge in [0, 0.05) is 18.8 Å². The van der Waals surface area contributed by atoms with Crippen LogP contribution in [0.4, 0.5) is 5.69 Å². The van der Waals surface area contributed by atoms with Gasteiger partial charge in [0.1, 0.15) is 11.5 Å². The average molecular weight is 284 g/mol. The summed E-state index contributed by atoms with van der Waals surface area (Å²) < 4.78 is 5.81. The van der Waals surface area contributed by atoms with Gasteiger partial charge in [-0.3, -0.25) is 4.79 Å². The van der Waals surface area contributed by atoms with Gasteiger partial charge in [-0.1, -0.05) is 26.0 Å². The van der Waals surface area contributed by atoms with Gasteiger partial charge < -0.3 is 15.8 Å². The van der Waals surface area contributed by atoms with Crippen molar-refractivity contribution in [2.24, 2.45) is 0 Å². The summed E-state index contributed by atoms with van der Waals surface area (Å²) in [6.45, 7) is 4.27. The highest BCUT2D eigenvalue weighted by Gasteiger charge is 2.12. The second-order valence-corrected chi connectivity index (χ2v) is 5.16. The maximum absolute atomic E-state index is 11.8. The van der Waals surface area contributed by atoms with Crippen LogP contribution in [0.5, 0.6) is 11.5 Å². The lowest BCUT2D eigenvalue weighted by molar-refractivity contribution is 0.0961. The summed E-state index contributed by atoms with van der Waals surface area (Å²) in [6, 6.07) is 12.8. The molecule has 4 nitrogen and oxygen atoms in total. The minimum Gasteiger partial charge on any atom is -0.456 e. The number of ether oxygens (including phenoxy) is 1. The Kier molecular flexibility index (Phi) is 4.48. The lowest BCUT2D eigenvalue weighted by atomic mass is 10.0. The molecule has 0 saturated carbocycles. The van der Waals surface area contributed by atoms with Crippen LogP contribution in [0.25, 0.3) is 0 Å². The first-order valence-corrected chi connectivity index (χ1v) is 6.90. The predicted octanol–water partition coefficient (Wildman–Crippen LogP) is 3.54. The zero-order chi connectivity index (χ0) is 15.4. The van der Waals surface area contributed by atoms with E-state index in [1.54, 1.807) is 25.2 Å². The Morgan fingerprint density at radius 3 is 2.38 bits per heavy atom. The molecule has 0 atom stereocenters. The summed E-state index contributed by atoms with van der Waals surface area (Å²) in [5.41, 5.74) is 8.02. The molecule has 0 aromatic heterocycles. The van der Waals surface area contributed by atoms with Crippen LogP contribution >= 0.6 is 0 Å². The van der Waals surface area contributed by atoms with E-state index in [2.05, 4.69) is 19.2 Å². The standard InChI is InChI=1S/C17H20N2O2/c1-11(2)12-4-7-14(8-5-12)21-16-10-13(18)6-9-15(16)17(20)19-3/h4-11H,18H2,1-3H3,(H,19,20). The molecule has 2 aromatic carbocycles. The SMILES string of the molecule is CNC(=O)c1ccc(N)cc1Oc1ccc(C(C)C)cc1. The summed E-state index contributed by atoms with van der Waals surface area (Å²) in [5, 5.41) is 2.59. The molecule has 2 aromatic rings.